The predicted molar refractivity (Wildman–Crippen MR) is 132 cm³/mol. The summed E-state index contributed by atoms with van der Waals surface area (Å²) >= 11 is 6.12. The van der Waals surface area contributed by atoms with E-state index in [1.807, 2.05) is 24.3 Å². The molecule has 0 spiro atoms. The Labute approximate surface area is 193 Å². The van der Waals surface area contributed by atoms with Crippen LogP contribution in [0.2, 0.25) is 5.15 Å². The van der Waals surface area contributed by atoms with Gasteiger partial charge in [0.1, 0.15) is 0 Å². The molecule has 1 heterocycles. The molecule has 0 aliphatic heterocycles. The van der Waals surface area contributed by atoms with E-state index in [9.17, 15) is 9.59 Å². The van der Waals surface area contributed by atoms with E-state index in [0.29, 0.717) is 10.8 Å². The van der Waals surface area contributed by atoms with Crippen LogP contribution in [0.1, 0.15) is 25.3 Å². The van der Waals surface area contributed by atoms with Gasteiger partial charge < -0.3 is 15.1 Å². The van der Waals surface area contributed by atoms with Gasteiger partial charge in [-0.05, 0) is 70.2 Å². The van der Waals surface area contributed by atoms with Gasteiger partial charge in [0.05, 0.1) is 23.2 Å². The van der Waals surface area contributed by atoms with E-state index in [4.69, 9.17) is 11.6 Å². The molecule has 3 rings (SSSR count). The number of H-pyrrole nitrogens is 1. The Morgan fingerprint density at radius 2 is 1.84 bits per heavy atom. The summed E-state index contributed by atoms with van der Waals surface area (Å²) < 4.78 is 0. The van der Waals surface area contributed by atoms with E-state index in [1.54, 1.807) is 18.2 Å². The number of unbranched alkanes of at least 4 members (excludes halogenated alkanes) is 1. The first-order chi connectivity index (χ1) is 15.4. The molecule has 8 heteroatoms. The lowest BCUT2D eigenvalue weighted by Gasteiger charge is -2.26. The summed E-state index contributed by atoms with van der Waals surface area (Å²) in [4.78, 5) is 29.2. The molecule has 0 aliphatic rings. The number of nitrogens with zero attached hydrogens (tertiary/aromatic N) is 3. The van der Waals surface area contributed by atoms with Gasteiger partial charge in [0, 0.05) is 18.5 Å². The third-order valence-electron chi connectivity index (χ3n) is 5.36. The summed E-state index contributed by atoms with van der Waals surface area (Å²) in [5, 5.41) is 10.4. The lowest BCUT2D eigenvalue weighted by molar-refractivity contribution is -0.115. The van der Waals surface area contributed by atoms with Crippen molar-refractivity contribution in [1.82, 2.24) is 15.1 Å². The molecule has 0 atom stereocenters. The number of amides is 1. The molecule has 0 aliphatic carbocycles. The average Bonchev–Trinajstić information content (AvgIpc) is 2.77. The summed E-state index contributed by atoms with van der Waals surface area (Å²) in [6, 6.07) is 13.1. The quantitative estimate of drug-likeness (QED) is 0.453. The van der Waals surface area contributed by atoms with Crippen LogP contribution in [-0.2, 0) is 11.2 Å². The van der Waals surface area contributed by atoms with Crippen LogP contribution in [-0.4, -0.2) is 54.7 Å². The number of fused-ring (bicyclic) bond motifs is 1. The first kappa shape index (κ1) is 23.8. The third kappa shape index (κ3) is 6.08. The van der Waals surface area contributed by atoms with Crippen molar-refractivity contribution < 1.29 is 4.79 Å². The normalized spacial score (nSPS) is 11.2. The molecule has 170 valence electrons. The maximum Gasteiger partial charge on any atom is 0.272 e. The van der Waals surface area contributed by atoms with Gasteiger partial charge in [-0.3, -0.25) is 9.59 Å². The van der Waals surface area contributed by atoms with Crippen molar-refractivity contribution in [3.63, 3.8) is 0 Å². The molecule has 2 aromatic carbocycles. The number of carbonyl (C=O) groups is 1. The Morgan fingerprint density at radius 3 is 2.59 bits per heavy atom. The predicted octanol–water partition coefficient (Wildman–Crippen LogP) is 3.93. The zero-order valence-corrected chi connectivity index (χ0v) is 19.6. The first-order valence-corrected chi connectivity index (χ1v) is 11.2. The zero-order chi connectivity index (χ0) is 23.1. The van der Waals surface area contributed by atoms with Crippen molar-refractivity contribution in [2.75, 3.05) is 43.9 Å². The topological polar surface area (TPSA) is 81.3 Å². The lowest BCUT2D eigenvalue weighted by atomic mass is 10.1. The highest BCUT2D eigenvalue weighted by molar-refractivity contribution is 6.34. The van der Waals surface area contributed by atoms with Gasteiger partial charge in [-0.1, -0.05) is 29.8 Å². The van der Waals surface area contributed by atoms with Crippen molar-refractivity contribution in [3.05, 3.63) is 63.5 Å². The number of hydrogen-bond acceptors (Lipinski definition) is 5. The monoisotopic (exact) mass is 455 g/mol. The summed E-state index contributed by atoms with van der Waals surface area (Å²) in [6.07, 6.45) is 2.38. The minimum absolute atomic E-state index is 0.130. The number of benzene rings is 2. The maximum atomic E-state index is 12.8. The number of anilines is 2. The van der Waals surface area contributed by atoms with Gasteiger partial charge >= 0.3 is 0 Å². The summed E-state index contributed by atoms with van der Waals surface area (Å²) in [6.45, 7) is 4.98. The van der Waals surface area contributed by atoms with Crippen molar-refractivity contribution in [1.29, 1.82) is 0 Å². The van der Waals surface area contributed by atoms with Crippen LogP contribution in [0.15, 0.2) is 47.3 Å². The Kier molecular flexibility index (Phi) is 8.25. The van der Waals surface area contributed by atoms with E-state index < -0.39 is 0 Å². The molecule has 0 fully saturated rings. The molecule has 7 nitrogen and oxygen atoms in total. The maximum absolute atomic E-state index is 12.8. The molecular weight excluding hydrogens is 426 g/mol. The largest absolute Gasteiger partial charge is 0.370 e. The molecule has 0 bridgehead atoms. The number of halogens is 1. The second-order valence-corrected chi connectivity index (χ2v) is 8.41. The zero-order valence-electron chi connectivity index (χ0n) is 18.8. The van der Waals surface area contributed by atoms with Crippen LogP contribution < -0.4 is 15.8 Å². The molecule has 3 aromatic rings. The molecule has 0 saturated heterocycles. The van der Waals surface area contributed by atoms with E-state index in [1.165, 1.54) is 0 Å². The van der Waals surface area contributed by atoms with Crippen LogP contribution in [0.4, 0.5) is 11.4 Å². The average molecular weight is 456 g/mol. The van der Waals surface area contributed by atoms with Gasteiger partial charge in [0.15, 0.2) is 5.15 Å². The second kappa shape index (κ2) is 11.1. The Bertz CT molecular complexity index is 1130. The number of nitrogens with one attached hydrogen (secondary N) is 2. The summed E-state index contributed by atoms with van der Waals surface area (Å²) in [5.41, 5.74) is 2.27. The van der Waals surface area contributed by atoms with Crippen LogP contribution >= 0.6 is 11.6 Å². The molecule has 2 N–H and O–H groups in total. The highest BCUT2D eigenvalue weighted by atomic mass is 35.5. The number of para-hydroxylation sites is 2. The highest BCUT2D eigenvalue weighted by Crippen LogP contribution is 2.26. The van der Waals surface area contributed by atoms with Crippen molar-refractivity contribution in [3.8, 4) is 0 Å². The fourth-order valence-electron chi connectivity index (χ4n) is 3.70. The lowest BCUT2D eigenvalue weighted by Crippen LogP contribution is -2.26. The molecular formula is C24H30ClN5O2. The summed E-state index contributed by atoms with van der Waals surface area (Å²) in [5.74, 6) is -0.130. The smallest absolute Gasteiger partial charge is 0.272 e. The van der Waals surface area contributed by atoms with Gasteiger partial charge in [-0.15, -0.1) is 0 Å². The molecule has 0 radical (unpaired) electrons. The standard InChI is InChI=1S/C24H30ClN5O2/c1-4-30(14-8-7-13-29(2)3)21-10-6-5-9-20(21)26-22(31)16-17-11-12-18-19(15-17)23(25)27-28-24(18)32/h5-6,9-12,15H,4,7-8,13-14,16H2,1-3H3,(H,26,31)(H,28,32). The molecule has 32 heavy (non-hydrogen) atoms. The van der Waals surface area contributed by atoms with Crippen molar-refractivity contribution in [2.24, 2.45) is 0 Å². The second-order valence-electron chi connectivity index (χ2n) is 8.06. The Balaban J connectivity index is 1.71. The molecule has 0 unspecified atom stereocenters. The first-order valence-electron chi connectivity index (χ1n) is 10.8. The number of carbonyl (C=O) groups excluding carboxylic acids is 1. The number of aromatic nitrogens is 2. The Morgan fingerprint density at radius 1 is 1.09 bits per heavy atom. The molecule has 1 amide bonds. The fourth-order valence-corrected chi connectivity index (χ4v) is 3.90. The van der Waals surface area contributed by atoms with Crippen molar-refractivity contribution in [2.45, 2.75) is 26.2 Å². The molecule has 1 aromatic heterocycles. The minimum atomic E-state index is -0.306. The number of hydrogen-bond donors (Lipinski definition) is 2. The van der Waals surface area contributed by atoms with Crippen molar-refractivity contribution >= 4 is 39.7 Å². The van der Waals surface area contributed by atoms with Crippen LogP contribution in [0.5, 0.6) is 0 Å². The van der Waals surface area contributed by atoms with E-state index in [2.05, 4.69) is 46.3 Å². The number of rotatable bonds is 10. The Hall–Kier alpha value is -2.90. The van der Waals surface area contributed by atoms with Gasteiger partial charge in [-0.25, -0.2) is 5.10 Å². The highest BCUT2D eigenvalue weighted by Gasteiger charge is 2.13. The van der Waals surface area contributed by atoms with Crippen LogP contribution in [0.25, 0.3) is 10.8 Å². The number of aromatic amines is 1. The minimum Gasteiger partial charge on any atom is -0.370 e. The van der Waals surface area contributed by atoms with E-state index in [0.717, 1.165) is 49.4 Å². The van der Waals surface area contributed by atoms with E-state index >= 15 is 0 Å². The van der Waals surface area contributed by atoms with Crippen LogP contribution in [0, 0.1) is 0 Å². The van der Waals surface area contributed by atoms with Gasteiger partial charge in [-0.2, -0.15) is 5.10 Å². The summed E-state index contributed by atoms with van der Waals surface area (Å²) in [7, 11) is 4.17. The molecule has 0 saturated carbocycles. The fraction of sp³-hybridized carbons (Fsp3) is 0.375. The third-order valence-corrected chi connectivity index (χ3v) is 5.64. The van der Waals surface area contributed by atoms with Gasteiger partial charge in [0.2, 0.25) is 5.91 Å². The van der Waals surface area contributed by atoms with Gasteiger partial charge in [0.25, 0.3) is 5.56 Å². The van der Waals surface area contributed by atoms with E-state index in [-0.39, 0.29) is 23.0 Å². The van der Waals surface area contributed by atoms with Crippen LogP contribution in [0.3, 0.4) is 0 Å². The SMILES string of the molecule is CCN(CCCCN(C)C)c1ccccc1NC(=O)Cc1ccc2c(=O)[nH]nc(Cl)c2c1.